The average Bonchev–Trinajstić information content (AvgIpc) is 2.72. The van der Waals surface area contributed by atoms with E-state index in [9.17, 15) is 18.3 Å². The van der Waals surface area contributed by atoms with E-state index < -0.39 is 11.8 Å². The van der Waals surface area contributed by atoms with Gasteiger partial charge in [-0.2, -0.15) is 13.2 Å². The van der Waals surface area contributed by atoms with Gasteiger partial charge in [0.05, 0.1) is 12.7 Å². The van der Waals surface area contributed by atoms with Gasteiger partial charge in [0, 0.05) is 24.7 Å². The highest BCUT2D eigenvalue weighted by molar-refractivity contribution is 5.50. The fourth-order valence-electron chi connectivity index (χ4n) is 1.63. The highest BCUT2D eigenvalue weighted by atomic mass is 19.4. The Kier molecular flexibility index (Phi) is 2.73. The van der Waals surface area contributed by atoms with Gasteiger partial charge in [0.15, 0.2) is 5.60 Å². The van der Waals surface area contributed by atoms with Gasteiger partial charge in [-0.25, -0.2) is 4.98 Å². The number of aromatic nitrogens is 2. The predicted octanol–water partition coefficient (Wildman–Crippen LogP) is 2.11. The van der Waals surface area contributed by atoms with Gasteiger partial charge < -0.3 is 14.2 Å². The summed E-state index contributed by atoms with van der Waals surface area (Å²) < 4.78 is 44.8. The SMILES string of the molecule is COc1cc2nccn2cc1C(C)(O)C(F)(F)F. The first kappa shape index (κ1) is 12.7. The third kappa shape index (κ3) is 1.80. The second-order valence-electron chi connectivity index (χ2n) is 4.02. The first-order chi connectivity index (χ1) is 8.27. The normalized spacial score (nSPS) is 15.7. The number of alkyl halides is 3. The zero-order chi connectivity index (χ0) is 13.6. The van der Waals surface area contributed by atoms with Crippen LogP contribution in [0, 0.1) is 0 Å². The molecule has 0 spiro atoms. The molecule has 0 bridgehead atoms. The van der Waals surface area contributed by atoms with E-state index in [0.29, 0.717) is 12.6 Å². The fraction of sp³-hybridized carbons (Fsp3) is 0.364. The van der Waals surface area contributed by atoms with Crippen molar-refractivity contribution in [2.24, 2.45) is 0 Å². The van der Waals surface area contributed by atoms with E-state index in [1.807, 2.05) is 0 Å². The highest BCUT2D eigenvalue weighted by Crippen LogP contribution is 2.42. The number of nitrogens with zero attached hydrogens (tertiary/aromatic N) is 2. The van der Waals surface area contributed by atoms with Crippen LogP contribution in [-0.2, 0) is 5.60 Å². The van der Waals surface area contributed by atoms with Crippen molar-refractivity contribution in [3.05, 3.63) is 30.2 Å². The van der Waals surface area contributed by atoms with Crippen molar-refractivity contribution in [3.8, 4) is 5.75 Å². The second kappa shape index (κ2) is 3.88. The summed E-state index contributed by atoms with van der Waals surface area (Å²) in [5.74, 6) is -0.0592. The first-order valence-corrected chi connectivity index (χ1v) is 5.07. The lowest BCUT2D eigenvalue weighted by molar-refractivity contribution is -0.259. The molecule has 1 N–H and O–H groups in total. The third-order valence-electron chi connectivity index (χ3n) is 2.79. The number of hydrogen-bond acceptors (Lipinski definition) is 3. The molecule has 0 fully saturated rings. The number of fused-ring (bicyclic) bond motifs is 1. The van der Waals surface area contributed by atoms with Crippen LogP contribution in [0.5, 0.6) is 5.75 Å². The third-order valence-corrected chi connectivity index (χ3v) is 2.79. The molecule has 98 valence electrons. The predicted molar refractivity (Wildman–Crippen MR) is 57.4 cm³/mol. The van der Waals surface area contributed by atoms with Crippen LogP contribution >= 0.6 is 0 Å². The summed E-state index contributed by atoms with van der Waals surface area (Å²) in [4.78, 5) is 3.93. The molecule has 2 aromatic rings. The molecule has 0 aromatic carbocycles. The molecule has 4 nitrogen and oxygen atoms in total. The summed E-state index contributed by atoms with van der Waals surface area (Å²) in [6.07, 6.45) is -0.700. The highest BCUT2D eigenvalue weighted by Gasteiger charge is 2.52. The quantitative estimate of drug-likeness (QED) is 0.899. The summed E-state index contributed by atoms with van der Waals surface area (Å²) in [5, 5.41) is 9.69. The van der Waals surface area contributed by atoms with Crippen molar-refractivity contribution in [2.75, 3.05) is 7.11 Å². The van der Waals surface area contributed by atoms with Crippen molar-refractivity contribution in [3.63, 3.8) is 0 Å². The Labute approximate surface area is 101 Å². The number of aliphatic hydroxyl groups is 1. The molecule has 0 saturated heterocycles. The van der Waals surface area contributed by atoms with Crippen LogP contribution in [0.3, 0.4) is 0 Å². The Morgan fingerprint density at radius 3 is 2.61 bits per heavy atom. The molecule has 0 amide bonds. The Bertz CT molecular complexity index is 575. The van der Waals surface area contributed by atoms with Crippen LogP contribution in [-0.4, -0.2) is 27.8 Å². The number of methoxy groups -OCH3 is 1. The van der Waals surface area contributed by atoms with Crippen molar-refractivity contribution < 1.29 is 23.0 Å². The Hall–Kier alpha value is -1.76. The summed E-state index contributed by atoms with van der Waals surface area (Å²) in [6.45, 7) is 0.688. The molecular weight excluding hydrogens is 249 g/mol. The van der Waals surface area contributed by atoms with Gasteiger partial charge in [-0.05, 0) is 6.92 Å². The lowest BCUT2D eigenvalue weighted by Gasteiger charge is -2.28. The van der Waals surface area contributed by atoms with Crippen molar-refractivity contribution >= 4 is 5.65 Å². The molecule has 18 heavy (non-hydrogen) atoms. The second-order valence-corrected chi connectivity index (χ2v) is 4.02. The molecule has 2 aromatic heterocycles. The maximum absolute atomic E-state index is 12.8. The Morgan fingerprint density at radius 2 is 2.06 bits per heavy atom. The number of rotatable bonds is 2. The molecular formula is C11H11F3N2O2. The summed E-state index contributed by atoms with van der Waals surface area (Å²) in [6, 6.07) is 1.34. The molecule has 0 aliphatic rings. The van der Waals surface area contributed by atoms with E-state index in [2.05, 4.69) is 4.98 Å². The van der Waals surface area contributed by atoms with Crippen molar-refractivity contribution in [1.29, 1.82) is 0 Å². The lowest BCUT2D eigenvalue weighted by atomic mass is 9.96. The van der Waals surface area contributed by atoms with Crippen LogP contribution < -0.4 is 4.74 Å². The van der Waals surface area contributed by atoms with Crippen LogP contribution in [0.4, 0.5) is 13.2 Å². The minimum atomic E-state index is -4.80. The Balaban J connectivity index is 2.68. The molecule has 0 aliphatic carbocycles. The van der Waals surface area contributed by atoms with Gasteiger partial charge in [-0.3, -0.25) is 0 Å². The minimum Gasteiger partial charge on any atom is -0.496 e. The average molecular weight is 260 g/mol. The molecule has 0 saturated carbocycles. The number of halogens is 3. The van der Waals surface area contributed by atoms with Crippen LogP contribution in [0.2, 0.25) is 0 Å². The van der Waals surface area contributed by atoms with E-state index in [1.165, 1.54) is 30.0 Å². The smallest absolute Gasteiger partial charge is 0.421 e. The molecule has 0 radical (unpaired) electrons. The standard InChI is InChI=1S/C11H11F3N2O2/c1-10(17,11(12,13)14)7-6-16-4-3-15-9(16)5-8(7)18-2/h3-6,17H,1-2H3. The fourth-order valence-corrected chi connectivity index (χ4v) is 1.63. The van der Waals surface area contributed by atoms with E-state index in [0.717, 1.165) is 6.20 Å². The van der Waals surface area contributed by atoms with Gasteiger partial charge in [-0.1, -0.05) is 0 Å². The molecule has 2 heterocycles. The molecule has 2 rings (SSSR count). The molecule has 7 heteroatoms. The van der Waals surface area contributed by atoms with Crippen LogP contribution in [0.15, 0.2) is 24.7 Å². The van der Waals surface area contributed by atoms with E-state index >= 15 is 0 Å². The topological polar surface area (TPSA) is 46.8 Å². The van der Waals surface area contributed by atoms with Gasteiger partial charge >= 0.3 is 6.18 Å². The monoisotopic (exact) mass is 260 g/mol. The number of hydrogen-bond donors (Lipinski definition) is 1. The van der Waals surface area contributed by atoms with Crippen molar-refractivity contribution in [2.45, 2.75) is 18.7 Å². The number of pyridine rings is 1. The molecule has 1 unspecified atom stereocenters. The number of imidazole rings is 1. The van der Waals surface area contributed by atoms with Gasteiger partial charge in [0.2, 0.25) is 0 Å². The van der Waals surface area contributed by atoms with Gasteiger partial charge in [0.25, 0.3) is 0 Å². The maximum Gasteiger partial charge on any atom is 0.421 e. The number of ether oxygens (including phenoxy) is 1. The van der Waals surface area contributed by atoms with E-state index in [1.54, 1.807) is 0 Å². The van der Waals surface area contributed by atoms with Crippen LogP contribution in [0.25, 0.3) is 5.65 Å². The summed E-state index contributed by atoms with van der Waals surface area (Å²) in [7, 11) is 1.24. The first-order valence-electron chi connectivity index (χ1n) is 5.07. The Morgan fingerprint density at radius 1 is 1.39 bits per heavy atom. The minimum absolute atomic E-state index is 0.0592. The van der Waals surface area contributed by atoms with Gasteiger partial charge in [0.1, 0.15) is 11.4 Å². The van der Waals surface area contributed by atoms with Crippen LogP contribution in [0.1, 0.15) is 12.5 Å². The van der Waals surface area contributed by atoms with Crippen molar-refractivity contribution in [1.82, 2.24) is 9.38 Å². The molecule has 1 atom stereocenters. The van der Waals surface area contributed by atoms with E-state index in [-0.39, 0.29) is 11.3 Å². The van der Waals surface area contributed by atoms with E-state index in [4.69, 9.17) is 4.74 Å². The molecule has 0 aliphatic heterocycles. The lowest BCUT2D eigenvalue weighted by Crippen LogP contribution is -2.39. The van der Waals surface area contributed by atoms with Gasteiger partial charge in [-0.15, -0.1) is 0 Å². The summed E-state index contributed by atoms with van der Waals surface area (Å²) in [5.41, 5.74) is -2.91. The zero-order valence-electron chi connectivity index (χ0n) is 9.69. The maximum atomic E-state index is 12.8. The zero-order valence-corrected chi connectivity index (χ0v) is 9.69. The summed E-state index contributed by atoms with van der Waals surface area (Å²) >= 11 is 0. The largest absolute Gasteiger partial charge is 0.496 e.